The number of rotatable bonds is 8. The summed E-state index contributed by atoms with van der Waals surface area (Å²) in [5.74, 6) is 0. The fraction of sp³-hybridized carbons (Fsp3) is 1.00. The first kappa shape index (κ1) is 12.9. The molecule has 0 radical (unpaired) electrons. The fourth-order valence-corrected chi connectivity index (χ4v) is 1.10. The van der Waals surface area contributed by atoms with Gasteiger partial charge >= 0.3 is 0 Å². The Labute approximate surface area is 83.5 Å². The van der Waals surface area contributed by atoms with Gasteiger partial charge in [-0.3, -0.25) is 0 Å². The number of hydrogen-bond donors (Lipinski definition) is 2. The first-order chi connectivity index (χ1) is 6.12. The minimum Gasteiger partial charge on any atom is -0.320 e. The van der Waals surface area contributed by atoms with Gasteiger partial charge in [-0.05, 0) is 44.8 Å². The van der Waals surface area contributed by atoms with Crippen molar-refractivity contribution in [3.63, 3.8) is 0 Å². The first-order valence-corrected chi connectivity index (χ1v) is 5.47. The van der Waals surface area contributed by atoms with Gasteiger partial charge < -0.3 is 10.6 Å². The summed E-state index contributed by atoms with van der Waals surface area (Å²) in [6, 6.07) is 0. The van der Waals surface area contributed by atoms with Crippen molar-refractivity contribution in [2.45, 2.75) is 40.0 Å². The van der Waals surface area contributed by atoms with Gasteiger partial charge in [0.2, 0.25) is 0 Å². The molecule has 0 unspecified atom stereocenters. The maximum atomic E-state index is 3.51. The van der Waals surface area contributed by atoms with Crippen molar-refractivity contribution in [1.82, 2.24) is 10.6 Å². The van der Waals surface area contributed by atoms with Gasteiger partial charge in [0, 0.05) is 6.54 Å². The molecule has 0 fully saturated rings. The number of unbranched alkanes of at least 4 members (excludes halogenated alkanes) is 1. The molecule has 2 heteroatoms. The highest BCUT2D eigenvalue weighted by molar-refractivity contribution is 4.68. The Bertz CT molecular complexity index is 111. The highest BCUT2D eigenvalue weighted by atomic mass is 14.9. The van der Waals surface area contributed by atoms with E-state index >= 15 is 0 Å². The van der Waals surface area contributed by atoms with Gasteiger partial charge in [-0.15, -0.1) is 0 Å². The fourth-order valence-electron chi connectivity index (χ4n) is 1.10. The Kier molecular flexibility index (Phi) is 7.29. The average molecular weight is 186 g/mol. The molecule has 0 saturated heterocycles. The average Bonchev–Trinajstić information content (AvgIpc) is 2.11. The molecule has 0 atom stereocenters. The minimum atomic E-state index is 0.461. The van der Waals surface area contributed by atoms with E-state index in [1.807, 2.05) is 7.05 Å². The predicted molar refractivity (Wildman–Crippen MR) is 60.1 cm³/mol. The molecular formula is C11H26N2. The van der Waals surface area contributed by atoms with Crippen LogP contribution in [0.15, 0.2) is 0 Å². The van der Waals surface area contributed by atoms with Crippen molar-refractivity contribution in [2.75, 3.05) is 26.7 Å². The van der Waals surface area contributed by atoms with E-state index in [1.165, 1.54) is 19.3 Å². The van der Waals surface area contributed by atoms with Gasteiger partial charge in [0.25, 0.3) is 0 Å². The van der Waals surface area contributed by atoms with Gasteiger partial charge in [-0.1, -0.05) is 20.8 Å². The van der Waals surface area contributed by atoms with Gasteiger partial charge in [0.15, 0.2) is 0 Å². The van der Waals surface area contributed by atoms with Gasteiger partial charge in [-0.2, -0.15) is 0 Å². The van der Waals surface area contributed by atoms with Crippen LogP contribution in [-0.4, -0.2) is 26.7 Å². The van der Waals surface area contributed by atoms with Crippen LogP contribution in [0.1, 0.15) is 40.0 Å². The van der Waals surface area contributed by atoms with Crippen molar-refractivity contribution in [3.05, 3.63) is 0 Å². The Balaban J connectivity index is 3.16. The molecule has 0 bridgehead atoms. The molecule has 0 aliphatic heterocycles. The standard InChI is InChI=1S/C11H26N2/c1-5-11(2,3)10-13-9-7-6-8-12-4/h12-13H,5-10H2,1-4H3. The van der Waals surface area contributed by atoms with Crippen LogP contribution in [0.25, 0.3) is 0 Å². The molecule has 0 aromatic carbocycles. The molecule has 0 rings (SSSR count). The summed E-state index contributed by atoms with van der Waals surface area (Å²) in [5, 5.41) is 6.67. The summed E-state index contributed by atoms with van der Waals surface area (Å²) in [6.45, 7) is 10.3. The van der Waals surface area contributed by atoms with Gasteiger partial charge in [0.1, 0.15) is 0 Å². The smallest absolute Gasteiger partial charge is 0.000241 e. The molecule has 2 nitrogen and oxygen atoms in total. The van der Waals surface area contributed by atoms with Crippen LogP contribution in [0.4, 0.5) is 0 Å². The van der Waals surface area contributed by atoms with Gasteiger partial charge in [0.05, 0.1) is 0 Å². The molecule has 0 heterocycles. The second-order valence-electron chi connectivity index (χ2n) is 4.51. The highest BCUT2D eigenvalue weighted by Gasteiger charge is 2.13. The lowest BCUT2D eigenvalue weighted by atomic mass is 9.90. The maximum Gasteiger partial charge on any atom is 0.000241 e. The van der Waals surface area contributed by atoms with E-state index in [4.69, 9.17) is 0 Å². The van der Waals surface area contributed by atoms with Crippen LogP contribution in [-0.2, 0) is 0 Å². The minimum absolute atomic E-state index is 0.461. The summed E-state index contributed by atoms with van der Waals surface area (Å²) >= 11 is 0. The van der Waals surface area contributed by atoms with E-state index in [0.717, 1.165) is 19.6 Å². The third kappa shape index (κ3) is 8.26. The van der Waals surface area contributed by atoms with Crippen molar-refractivity contribution in [3.8, 4) is 0 Å². The normalized spacial score (nSPS) is 12.0. The Morgan fingerprint density at radius 3 is 2.23 bits per heavy atom. The zero-order valence-corrected chi connectivity index (χ0v) is 9.74. The lowest BCUT2D eigenvalue weighted by Gasteiger charge is -2.22. The third-order valence-corrected chi connectivity index (χ3v) is 2.59. The lowest BCUT2D eigenvalue weighted by Crippen LogP contribution is -2.29. The topological polar surface area (TPSA) is 24.1 Å². The maximum absolute atomic E-state index is 3.51. The summed E-state index contributed by atoms with van der Waals surface area (Å²) in [5.41, 5.74) is 0.461. The quantitative estimate of drug-likeness (QED) is 0.567. The van der Waals surface area contributed by atoms with Crippen molar-refractivity contribution in [2.24, 2.45) is 5.41 Å². The second-order valence-corrected chi connectivity index (χ2v) is 4.51. The van der Waals surface area contributed by atoms with E-state index in [9.17, 15) is 0 Å². The van der Waals surface area contributed by atoms with E-state index in [1.54, 1.807) is 0 Å². The van der Waals surface area contributed by atoms with E-state index in [-0.39, 0.29) is 0 Å². The SMILES string of the molecule is CCC(C)(C)CNCCCCNC. The summed E-state index contributed by atoms with van der Waals surface area (Å²) < 4.78 is 0. The Morgan fingerprint density at radius 2 is 1.69 bits per heavy atom. The molecule has 0 saturated carbocycles. The Morgan fingerprint density at radius 1 is 1.08 bits per heavy atom. The molecule has 0 aliphatic rings. The zero-order chi connectivity index (χ0) is 10.2. The largest absolute Gasteiger partial charge is 0.320 e. The Hall–Kier alpha value is -0.0800. The predicted octanol–water partition coefficient (Wildman–Crippen LogP) is 2.01. The van der Waals surface area contributed by atoms with Crippen LogP contribution >= 0.6 is 0 Å². The van der Waals surface area contributed by atoms with E-state index in [2.05, 4.69) is 31.4 Å². The zero-order valence-electron chi connectivity index (χ0n) is 9.74. The molecule has 2 N–H and O–H groups in total. The van der Waals surface area contributed by atoms with Crippen LogP contribution in [0.5, 0.6) is 0 Å². The highest BCUT2D eigenvalue weighted by Crippen LogP contribution is 2.17. The van der Waals surface area contributed by atoms with E-state index < -0.39 is 0 Å². The number of nitrogens with one attached hydrogen (secondary N) is 2. The molecule has 0 aliphatic carbocycles. The van der Waals surface area contributed by atoms with E-state index in [0.29, 0.717) is 5.41 Å². The molecule has 80 valence electrons. The number of hydrogen-bond acceptors (Lipinski definition) is 2. The molecule has 0 aromatic rings. The summed E-state index contributed by atoms with van der Waals surface area (Å²) in [4.78, 5) is 0. The molecule has 0 spiro atoms. The van der Waals surface area contributed by atoms with Crippen molar-refractivity contribution < 1.29 is 0 Å². The van der Waals surface area contributed by atoms with Gasteiger partial charge in [-0.25, -0.2) is 0 Å². The summed E-state index contributed by atoms with van der Waals surface area (Å²) in [7, 11) is 2.01. The van der Waals surface area contributed by atoms with Crippen molar-refractivity contribution >= 4 is 0 Å². The van der Waals surface area contributed by atoms with Crippen LogP contribution < -0.4 is 10.6 Å². The molecular weight excluding hydrogens is 160 g/mol. The monoisotopic (exact) mass is 186 g/mol. The van der Waals surface area contributed by atoms with Crippen LogP contribution in [0, 0.1) is 5.41 Å². The first-order valence-electron chi connectivity index (χ1n) is 5.47. The molecule has 0 amide bonds. The molecule has 13 heavy (non-hydrogen) atoms. The second kappa shape index (κ2) is 7.34. The molecule has 0 aromatic heterocycles. The lowest BCUT2D eigenvalue weighted by molar-refractivity contribution is 0.327. The third-order valence-electron chi connectivity index (χ3n) is 2.59. The van der Waals surface area contributed by atoms with Crippen molar-refractivity contribution in [1.29, 1.82) is 0 Å². The van der Waals surface area contributed by atoms with Crippen LogP contribution in [0.3, 0.4) is 0 Å². The van der Waals surface area contributed by atoms with Crippen LogP contribution in [0.2, 0.25) is 0 Å². The summed E-state index contributed by atoms with van der Waals surface area (Å²) in [6.07, 6.45) is 3.80.